The highest BCUT2D eigenvalue weighted by atomic mass is 79.9. The van der Waals surface area contributed by atoms with Crippen LogP contribution < -0.4 is 4.90 Å². The van der Waals surface area contributed by atoms with Crippen LogP contribution in [0.5, 0.6) is 0 Å². The minimum atomic E-state index is -0.0317. The monoisotopic (exact) mass is 301 g/mol. The Balaban J connectivity index is 2.51. The summed E-state index contributed by atoms with van der Waals surface area (Å²) in [6, 6.07) is 6.00. The minimum absolute atomic E-state index is 0.0131. The van der Waals surface area contributed by atoms with Crippen LogP contribution in [0.2, 0.25) is 0 Å². The van der Waals surface area contributed by atoms with Gasteiger partial charge in [0.05, 0.1) is 0 Å². The molecule has 0 unspecified atom stereocenters. The molecule has 1 aliphatic heterocycles. The van der Waals surface area contributed by atoms with Gasteiger partial charge in [-0.2, -0.15) is 0 Å². The van der Waals surface area contributed by atoms with Gasteiger partial charge < -0.3 is 4.90 Å². The molecule has 1 heterocycles. The third kappa shape index (κ3) is 1.87. The molecule has 1 aliphatic rings. The van der Waals surface area contributed by atoms with Gasteiger partial charge in [-0.1, -0.05) is 29.8 Å². The number of nitrogens with zero attached hydrogens (tertiary/aromatic N) is 1. The number of amides is 1. The lowest BCUT2D eigenvalue weighted by atomic mass is 9.87. The second-order valence-corrected chi connectivity index (χ2v) is 5.84. The average Bonchev–Trinajstić information content (AvgIpc) is 2.50. The SMILES string of the molecule is CC1(C)CN(C(=O)CCl)c2ccc(Br)cc21. The van der Waals surface area contributed by atoms with Gasteiger partial charge in [0.25, 0.3) is 0 Å². The molecule has 0 saturated heterocycles. The van der Waals surface area contributed by atoms with Crippen molar-refractivity contribution in [2.45, 2.75) is 19.3 Å². The molecule has 0 aromatic heterocycles. The maximum Gasteiger partial charge on any atom is 0.241 e. The largest absolute Gasteiger partial charge is 0.310 e. The summed E-state index contributed by atoms with van der Waals surface area (Å²) >= 11 is 9.08. The molecule has 0 atom stereocenters. The Hall–Kier alpha value is -0.540. The Morgan fingerprint density at radius 2 is 2.25 bits per heavy atom. The van der Waals surface area contributed by atoms with Crippen LogP contribution in [-0.4, -0.2) is 18.3 Å². The number of hydrogen-bond donors (Lipinski definition) is 0. The molecule has 0 radical (unpaired) electrons. The summed E-state index contributed by atoms with van der Waals surface area (Å²) in [6.07, 6.45) is 0. The lowest BCUT2D eigenvalue weighted by Gasteiger charge is -2.19. The molecule has 0 spiro atoms. The van der Waals surface area contributed by atoms with Gasteiger partial charge in [-0.15, -0.1) is 11.6 Å². The van der Waals surface area contributed by atoms with E-state index in [9.17, 15) is 4.79 Å². The van der Waals surface area contributed by atoms with E-state index in [0.717, 1.165) is 10.2 Å². The van der Waals surface area contributed by atoms with Gasteiger partial charge in [0.2, 0.25) is 5.91 Å². The van der Waals surface area contributed by atoms with Crippen LogP contribution in [0.4, 0.5) is 5.69 Å². The Morgan fingerprint density at radius 3 is 2.88 bits per heavy atom. The summed E-state index contributed by atoms with van der Waals surface area (Å²) in [5, 5.41) is 0. The molecule has 1 aromatic carbocycles. The molecule has 0 aliphatic carbocycles. The van der Waals surface area contributed by atoms with E-state index in [1.54, 1.807) is 4.90 Å². The Kier molecular flexibility index (Phi) is 3.01. The number of carbonyl (C=O) groups excluding carboxylic acids is 1. The summed E-state index contributed by atoms with van der Waals surface area (Å²) in [5.74, 6) is 0.00166. The summed E-state index contributed by atoms with van der Waals surface area (Å²) in [5.41, 5.74) is 2.17. The molecule has 0 bridgehead atoms. The predicted molar refractivity (Wildman–Crippen MR) is 70.2 cm³/mol. The molecule has 4 heteroatoms. The summed E-state index contributed by atoms with van der Waals surface area (Å²) in [7, 11) is 0. The van der Waals surface area contributed by atoms with E-state index in [1.807, 2.05) is 12.1 Å². The zero-order valence-electron chi connectivity index (χ0n) is 9.26. The standard InChI is InChI=1S/C12H13BrClNO/c1-12(2)7-15(11(16)6-14)10-4-3-8(13)5-9(10)12/h3-5H,6-7H2,1-2H3. The maximum atomic E-state index is 11.7. The highest BCUT2D eigenvalue weighted by Crippen LogP contribution is 2.41. The van der Waals surface area contributed by atoms with Crippen molar-refractivity contribution >= 4 is 39.1 Å². The maximum absolute atomic E-state index is 11.7. The number of benzene rings is 1. The smallest absolute Gasteiger partial charge is 0.241 e. The first-order valence-corrected chi connectivity index (χ1v) is 6.45. The van der Waals surface area contributed by atoms with Crippen LogP contribution in [0.3, 0.4) is 0 Å². The van der Waals surface area contributed by atoms with E-state index in [-0.39, 0.29) is 17.2 Å². The van der Waals surface area contributed by atoms with Crippen molar-refractivity contribution < 1.29 is 4.79 Å². The Labute approximate surface area is 109 Å². The molecule has 0 N–H and O–H groups in total. The van der Waals surface area contributed by atoms with E-state index in [1.165, 1.54) is 5.56 Å². The number of carbonyl (C=O) groups is 1. The topological polar surface area (TPSA) is 20.3 Å². The number of halogens is 2. The van der Waals surface area contributed by atoms with Gasteiger partial charge >= 0.3 is 0 Å². The number of hydrogen-bond acceptors (Lipinski definition) is 1. The van der Waals surface area contributed by atoms with E-state index in [2.05, 4.69) is 35.8 Å². The van der Waals surface area contributed by atoms with Crippen molar-refractivity contribution in [1.82, 2.24) is 0 Å². The van der Waals surface area contributed by atoms with Gasteiger partial charge in [0.15, 0.2) is 0 Å². The van der Waals surface area contributed by atoms with Crippen molar-refractivity contribution in [2.75, 3.05) is 17.3 Å². The van der Waals surface area contributed by atoms with E-state index in [0.29, 0.717) is 6.54 Å². The summed E-state index contributed by atoms with van der Waals surface area (Å²) in [6.45, 7) is 4.98. The minimum Gasteiger partial charge on any atom is -0.310 e. The van der Waals surface area contributed by atoms with Crippen LogP contribution in [-0.2, 0) is 10.2 Å². The van der Waals surface area contributed by atoms with Gasteiger partial charge in [0, 0.05) is 22.1 Å². The van der Waals surface area contributed by atoms with Gasteiger partial charge in [-0.25, -0.2) is 0 Å². The van der Waals surface area contributed by atoms with Crippen molar-refractivity contribution in [3.63, 3.8) is 0 Å². The predicted octanol–water partition coefficient (Wildman–Crippen LogP) is 3.31. The fourth-order valence-corrected chi connectivity index (χ4v) is 2.65. The molecule has 86 valence electrons. The van der Waals surface area contributed by atoms with Gasteiger partial charge in [-0.3, -0.25) is 4.79 Å². The summed E-state index contributed by atoms with van der Waals surface area (Å²) in [4.78, 5) is 13.5. The third-order valence-corrected chi connectivity index (χ3v) is 3.67. The van der Waals surface area contributed by atoms with Crippen molar-refractivity contribution in [2.24, 2.45) is 0 Å². The van der Waals surface area contributed by atoms with Crippen LogP contribution in [0.25, 0.3) is 0 Å². The van der Waals surface area contributed by atoms with Crippen LogP contribution in [0.1, 0.15) is 19.4 Å². The second kappa shape index (κ2) is 4.04. The molecule has 2 rings (SSSR count). The lowest BCUT2D eigenvalue weighted by molar-refractivity contribution is -0.116. The molecule has 1 aromatic rings. The molecule has 0 saturated carbocycles. The number of anilines is 1. The first kappa shape index (κ1) is 11.9. The van der Waals surface area contributed by atoms with Crippen molar-refractivity contribution in [3.8, 4) is 0 Å². The van der Waals surface area contributed by atoms with E-state index >= 15 is 0 Å². The molecular weight excluding hydrogens is 289 g/mol. The van der Waals surface area contributed by atoms with Gasteiger partial charge in [0.1, 0.15) is 5.88 Å². The normalized spacial score (nSPS) is 17.4. The quantitative estimate of drug-likeness (QED) is 0.729. The van der Waals surface area contributed by atoms with Crippen molar-refractivity contribution in [3.05, 3.63) is 28.2 Å². The van der Waals surface area contributed by atoms with E-state index in [4.69, 9.17) is 11.6 Å². The highest BCUT2D eigenvalue weighted by molar-refractivity contribution is 9.10. The van der Waals surface area contributed by atoms with Crippen molar-refractivity contribution in [1.29, 1.82) is 0 Å². The van der Waals surface area contributed by atoms with E-state index < -0.39 is 0 Å². The number of rotatable bonds is 1. The fraction of sp³-hybridized carbons (Fsp3) is 0.417. The fourth-order valence-electron chi connectivity index (χ4n) is 2.15. The molecule has 16 heavy (non-hydrogen) atoms. The zero-order valence-corrected chi connectivity index (χ0v) is 11.6. The highest BCUT2D eigenvalue weighted by Gasteiger charge is 2.37. The first-order chi connectivity index (χ1) is 7.45. The number of fused-ring (bicyclic) bond motifs is 1. The van der Waals surface area contributed by atoms with Crippen LogP contribution in [0.15, 0.2) is 22.7 Å². The van der Waals surface area contributed by atoms with Crippen LogP contribution >= 0.6 is 27.5 Å². The molecule has 1 amide bonds. The molecular formula is C12H13BrClNO. The van der Waals surface area contributed by atoms with Crippen LogP contribution in [0, 0.1) is 0 Å². The first-order valence-electron chi connectivity index (χ1n) is 5.12. The average molecular weight is 303 g/mol. The number of alkyl halides is 1. The zero-order chi connectivity index (χ0) is 11.9. The summed E-state index contributed by atoms with van der Waals surface area (Å²) < 4.78 is 1.04. The Morgan fingerprint density at radius 1 is 1.56 bits per heavy atom. The lowest BCUT2D eigenvalue weighted by Crippen LogP contribution is -2.34. The third-order valence-electron chi connectivity index (χ3n) is 2.95. The molecule has 0 fully saturated rings. The van der Waals surface area contributed by atoms with Gasteiger partial charge in [-0.05, 0) is 23.8 Å². The Bertz CT molecular complexity index is 445. The molecule has 2 nitrogen and oxygen atoms in total. The second-order valence-electron chi connectivity index (χ2n) is 4.66.